The largest absolute Gasteiger partial charge is 0.391 e. The molecule has 0 amide bonds. The van der Waals surface area contributed by atoms with E-state index in [9.17, 15) is 5.11 Å². The van der Waals surface area contributed by atoms with Crippen LogP contribution in [0.5, 0.6) is 0 Å². The molecule has 1 aromatic heterocycles. The Morgan fingerprint density at radius 2 is 2.31 bits per heavy atom. The Morgan fingerprint density at radius 1 is 1.46 bits per heavy atom. The summed E-state index contributed by atoms with van der Waals surface area (Å²) in [7, 11) is 0. The van der Waals surface area contributed by atoms with E-state index in [0.29, 0.717) is 6.54 Å². The number of nitrogens with zero attached hydrogens (tertiary/aromatic N) is 1. The lowest BCUT2D eigenvalue weighted by Crippen LogP contribution is -2.16. The van der Waals surface area contributed by atoms with Crippen LogP contribution in [0.3, 0.4) is 0 Å². The maximum atomic E-state index is 9.64. The van der Waals surface area contributed by atoms with E-state index in [1.54, 1.807) is 0 Å². The van der Waals surface area contributed by atoms with Gasteiger partial charge in [-0.2, -0.15) is 0 Å². The second-order valence-electron chi connectivity index (χ2n) is 3.63. The molecule has 0 bridgehead atoms. The lowest BCUT2D eigenvalue weighted by Gasteiger charge is -2.13. The molecule has 0 spiro atoms. The normalized spacial score (nSPS) is 27.8. The average Bonchev–Trinajstić information content (AvgIpc) is 2.51. The van der Waals surface area contributed by atoms with Crippen molar-refractivity contribution >= 4 is 0 Å². The van der Waals surface area contributed by atoms with Gasteiger partial charge in [0, 0.05) is 31.4 Å². The van der Waals surface area contributed by atoms with Gasteiger partial charge in [-0.3, -0.25) is 4.98 Å². The molecule has 1 aliphatic heterocycles. The van der Waals surface area contributed by atoms with Crippen molar-refractivity contribution in [2.75, 3.05) is 13.1 Å². The predicted octanol–water partition coefficient (Wildman–Crippen LogP) is 0.438. The number of aliphatic hydroxyl groups excluding tert-OH is 1. The van der Waals surface area contributed by atoms with Crippen LogP contribution in [0.15, 0.2) is 18.5 Å². The smallest absolute Gasteiger partial charge is 0.0745 e. The van der Waals surface area contributed by atoms with Crippen LogP contribution in [-0.2, 0) is 0 Å². The van der Waals surface area contributed by atoms with Gasteiger partial charge in [0.25, 0.3) is 0 Å². The highest BCUT2D eigenvalue weighted by atomic mass is 16.3. The fraction of sp³-hybridized carbons (Fsp3) is 0.500. The molecule has 2 rings (SSSR count). The van der Waals surface area contributed by atoms with Crippen molar-refractivity contribution in [1.29, 1.82) is 0 Å². The van der Waals surface area contributed by atoms with Crippen molar-refractivity contribution in [3.8, 4) is 0 Å². The molecule has 0 saturated carbocycles. The molecule has 2 atom stereocenters. The van der Waals surface area contributed by atoms with Crippen molar-refractivity contribution in [2.45, 2.75) is 18.9 Å². The van der Waals surface area contributed by atoms with Gasteiger partial charge in [-0.1, -0.05) is 6.07 Å². The summed E-state index contributed by atoms with van der Waals surface area (Å²) in [4.78, 5) is 4.12. The number of rotatable bonds is 1. The summed E-state index contributed by atoms with van der Waals surface area (Å²) in [5.41, 5.74) is 2.29. The number of β-amino-alcohol motifs (C(OH)–C–C–N with tert-alkyl or cyclic N) is 1. The molecule has 0 aliphatic carbocycles. The van der Waals surface area contributed by atoms with E-state index in [1.165, 1.54) is 0 Å². The first-order valence-corrected chi connectivity index (χ1v) is 4.57. The van der Waals surface area contributed by atoms with Crippen LogP contribution in [0.25, 0.3) is 0 Å². The number of aromatic nitrogens is 1. The molecule has 1 fully saturated rings. The van der Waals surface area contributed by atoms with Gasteiger partial charge in [0.15, 0.2) is 0 Å². The monoisotopic (exact) mass is 178 g/mol. The first-order chi connectivity index (χ1) is 6.27. The van der Waals surface area contributed by atoms with Gasteiger partial charge in [-0.05, 0) is 18.1 Å². The fourth-order valence-corrected chi connectivity index (χ4v) is 1.79. The molecule has 1 aliphatic rings. The first kappa shape index (κ1) is 8.66. The molecule has 70 valence electrons. The summed E-state index contributed by atoms with van der Waals surface area (Å²) in [6, 6.07) is 2.09. The Balaban J connectivity index is 2.24. The third-order valence-electron chi connectivity index (χ3n) is 2.51. The minimum atomic E-state index is -0.261. The van der Waals surface area contributed by atoms with Gasteiger partial charge in [-0.25, -0.2) is 0 Å². The van der Waals surface area contributed by atoms with Crippen molar-refractivity contribution < 1.29 is 5.11 Å². The van der Waals surface area contributed by atoms with Gasteiger partial charge >= 0.3 is 0 Å². The number of aliphatic hydroxyl groups is 1. The van der Waals surface area contributed by atoms with Gasteiger partial charge < -0.3 is 10.4 Å². The highest BCUT2D eigenvalue weighted by Crippen LogP contribution is 2.22. The second-order valence-corrected chi connectivity index (χ2v) is 3.63. The topological polar surface area (TPSA) is 45.2 Å². The zero-order valence-electron chi connectivity index (χ0n) is 7.70. The van der Waals surface area contributed by atoms with E-state index in [-0.39, 0.29) is 12.0 Å². The van der Waals surface area contributed by atoms with E-state index >= 15 is 0 Å². The summed E-state index contributed by atoms with van der Waals surface area (Å²) in [5.74, 6) is 0.215. The highest BCUT2D eigenvalue weighted by Gasteiger charge is 2.26. The number of pyridine rings is 1. The van der Waals surface area contributed by atoms with Crippen LogP contribution in [0, 0.1) is 6.92 Å². The molecule has 3 heteroatoms. The summed E-state index contributed by atoms with van der Waals surface area (Å²) in [6.07, 6.45) is 3.41. The van der Waals surface area contributed by atoms with Crippen LogP contribution in [0.1, 0.15) is 17.0 Å². The Hall–Kier alpha value is -0.930. The molecule has 1 aromatic rings. The average molecular weight is 178 g/mol. The Labute approximate surface area is 77.8 Å². The Kier molecular flexibility index (Phi) is 2.29. The van der Waals surface area contributed by atoms with E-state index in [4.69, 9.17) is 0 Å². The van der Waals surface area contributed by atoms with Crippen molar-refractivity contribution in [3.05, 3.63) is 29.6 Å². The molecular formula is C10H14N2O. The number of aryl methyl sites for hydroxylation is 1. The Bertz CT molecular complexity index is 301. The van der Waals surface area contributed by atoms with Crippen molar-refractivity contribution in [1.82, 2.24) is 10.3 Å². The zero-order chi connectivity index (χ0) is 9.26. The van der Waals surface area contributed by atoms with Gasteiger partial charge in [0.05, 0.1) is 6.10 Å². The van der Waals surface area contributed by atoms with Crippen LogP contribution in [0.4, 0.5) is 0 Å². The quantitative estimate of drug-likeness (QED) is 0.656. The number of nitrogens with one attached hydrogen (secondary N) is 1. The van der Waals surface area contributed by atoms with Crippen LogP contribution in [0.2, 0.25) is 0 Å². The second kappa shape index (κ2) is 3.44. The summed E-state index contributed by atoms with van der Waals surface area (Å²) in [6.45, 7) is 3.57. The molecule has 0 radical (unpaired) electrons. The first-order valence-electron chi connectivity index (χ1n) is 4.57. The SMILES string of the molecule is Cc1cncc(C2CNCC2O)c1. The third-order valence-corrected chi connectivity index (χ3v) is 2.51. The molecule has 1 saturated heterocycles. The van der Waals surface area contributed by atoms with Crippen molar-refractivity contribution in [3.63, 3.8) is 0 Å². The maximum Gasteiger partial charge on any atom is 0.0745 e. The predicted molar refractivity (Wildman–Crippen MR) is 50.6 cm³/mol. The molecular weight excluding hydrogens is 164 g/mol. The summed E-state index contributed by atoms with van der Waals surface area (Å²) in [5, 5.41) is 12.8. The third kappa shape index (κ3) is 1.71. The van der Waals surface area contributed by atoms with E-state index in [1.807, 2.05) is 19.3 Å². The van der Waals surface area contributed by atoms with Gasteiger partial charge in [0.1, 0.15) is 0 Å². The summed E-state index contributed by atoms with van der Waals surface area (Å²) < 4.78 is 0. The minimum absolute atomic E-state index is 0.215. The molecule has 2 heterocycles. The van der Waals surface area contributed by atoms with E-state index in [2.05, 4.69) is 16.4 Å². The molecule has 2 N–H and O–H groups in total. The number of hydrogen-bond donors (Lipinski definition) is 2. The van der Waals surface area contributed by atoms with Gasteiger partial charge in [0.2, 0.25) is 0 Å². The zero-order valence-corrected chi connectivity index (χ0v) is 7.70. The lowest BCUT2D eigenvalue weighted by atomic mass is 9.97. The minimum Gasteiger partial charge on any atom is -0.391 e. The lowest BCUT2D eigenvalue weighted by molar-refractivity contribution is 0.177. The molecule has 13 heavy (non-hydrogen) atoms. The van der Waals surface area contributed by atoms with E-state index < -0.39 is 0 Å². The Morgan fingerprint density at radius 3 is 2.92 bits per heavy atom. The molecule has 3 nitrogen and oxygen atoms in total. The van der Waals surface area contributed by atoms with E-state index in [0.717, 1.165) is 17.7 Å². The molecule has 0 aromatic carbocycles. The summed E-state index contributed by atoms with van der Waals surface area (Å²) >= 11 is 0. The van der Waals surface area contributed by atoms with Crippen LogP contribution in [-0.4, -0.2) is 29.3 Å². The molecule has 2 unspecified atom stereocenters. The number of hydrogen-bond acceptors (Lipinski definition) is 3. The fourth-order valence-electron chi connectivity index (χ4n) is 1.79. The van der Waals surface area contributed by atoms with Crippen LogP contribution >= 0.6 is 0 Å². The van der Waals surface area contributed by atoms with Gasteiger partial charge in [-0.15, -0.1) is 0 Å². The highest BCUT2D eigenvalue weighted by molar-refractivity contribution is 5.23. The standard InChI is InChI=1S/C10H14N2O/c1-7-2-8(4-11-3-7)9-5-12-6-10(9)13/h2-4,9-10,12-13H,5-6H2,1H3. The maximum absolute atomic E-state index is 9.64. The van der Waals surface area contributed by atoms with Crippen molar-refractivity contribution in [2.24, 2.45) is 0 Å². The van der Waals surface area contributed by atoms with Crippen LogP contribution < -0.4 is 5.32 Å².